The van der Waals surface area contributed by atoms with Crippen LogP contribution in [0.3, 0.4) is 0 Å². The number of carbonyl (C=O) groups excluding carboxylic acids is 2. The summed E-state index contributed by atoms with van der Waals surface area (Å²) in [7, 11) is -2.06. The molecule has 2 saturated heterocycles. The molecule has 8 heteroatoms. The van der Waals surface area contributed by atoms with Gasteiger partial charge in [-0.3, -0.25) is 14.5 Å². The van der Waals surface area contributed by atoms with Crippen LogP contribution in [0, 0.1) is 0 Å². The third kappa shape index (κ3) is 3.97. The molecule has 2 aliphatic rings. The molecule has 2 fully saturated rings. The van der Waals surface area contributed by atoms with Crippen molar-refractivity contribution in [2.45, 2.75) is 49.5 Å². The summed E-state index contributed by atoms with van der Waals surface area (Å²) >= 11 is 0. The van der Waals surface area contributed by atoms with Crippen LogP contribution in [0.15, 0.2) is 29.2 Å². The summed E-state index contributed by atoms with van der Waals surface area (Å²) in [6.07, 6.45) is 4.35. The maximum atomic E-state index is 12.7. The van der Waals surface area contributed by atoms with Crippen molar-refractivity contribution in [3.8, 4) is 0 Å². The zero-order valence-electron chi connectivity index (χ0n) is 14.9. The summed E-state index contributed by atoms with van der Waals surface area (Å²) in [5.74, 6) is -0.509. The van der Waals surface area contributed by atoms with Crippen molar-refractivity contribution in [3.63, 3.8) is 0 Å². The predicted molar refractivity (Wildman–Crippen MR) is 96.2 cm³/mol. The standard InChI is InChI=1S/C18H24N2O5S/c1-19(12-11-15-4-2-3-13-25-15)26(23,24)16-7-5-14(6-8-16)20-17(21)9-10-18(20)22/h5-8,15H,2-4,9-13H2,1H3. The number of ether oxygens (including phenoxy) is 1. The van der Waals surface area contributed by atoms with Gasteiger partial charge in [-0.15, -0.1) is 0 Å². The second-order valence-electron chi connectivity index (χ2n) is 6.72. The van der Waals surface area contributed by atoms with Gasteiger partial charge in [0.25, 0.3) is 0 Å². The third-order valence-corrected chi connectivity index (χ3v) is 6.77. The van der Waals surface area contributed by atoms with Crippen molar-refractivity contribution in [1.82, 2.24) is 4.31 Å². The molecule has 7 nitrogen and oxygen atoms in total. The predicted octanol–water partition coefficient (Wildman–Crippen LogP) is 1.92. The molecule has 1 unspecified atom stereocenters. The molecule has 2 aliphatic heterocycles. The molecule has 0 spiro atoms. The second-order valence-corrected chi connectivity index (χ2v) is 8.77. The van der Waals surface area contributed by atoms with Gasteiger partial charge in [0.15, 0.2) is 0 Å². The molecular weight excluding hydrogens is 356 g/mol. The molecule has 0 radical (unpaired) electrons. The van der Waals surface area contributed by atoms with E-state index in [1.54, 1.807) is 7.05 Å². The fourth-order valence-electron chi connectivity index (χ4n) is 3.29. The number of sulfonamides is 1. The number of carbonyl (C=O) groups is 2. The number of rotatable bonds is 6. The highest BCUT2D eigenvalue weighted by atomic mass is 32.2. The van der Waals surface area contributed by atoms with Crippen LogP contribution in [0.5, 0.6) is 0 Å². The Labute approximate surface area is 154 Å². The normalized spacial score (nSPS) is 21.6. The Kier molecular flexibility index (Phi) is 5.74. The maximum absolute atomic E-state index is 12.7. The highest BCUT2D eigenvalue weighted by Gasteiger charge is 2.30. The van der Waals surface area contributed by atoms with Crippen molar-refractivity contribution >= 4 is 27.5 Å². The van der Waals surface area contributed by atoms with E-state index in [9.17, 15) is 18.0 Å². The zero-order valence-corrected chi connectivity index (χ0v) is 15.7. The van der Waals surface area contributed by atoms with Gasteiger partial charge in [0.05, 0.1) is 16.7 Å². The SMILES string of the molecule is CN(CCC1CCCCO1)S(=O)(=O)c1ccc(N2C(=O)CCC2=O)cc1. The Morgan fingerprint density at radius 2 is 1.77 bits per heavy atom. The molecule has 26 heavy (non-hydrogen) atoms. The summed E-state index contributed by atoms with van der Waals surface area (Å²) in [6, 6.07) is 5.90. The molecule has 1 aromatic carbocycles. The number of hydrogen-bond acceptors (Lipinski definition) is 5. The number of benzene rings is 1. The minimum Gasteiger partial charge on any atom is -0.378 e. The minimum absolute atomic E-state index is 0.121. The van der Waals surface area contributed by atoms with E-state index in [-0.39, 0.29) is 35.7 Å². The van der Waals surface area contributed by atoms with Crippen LogP contribution in [-0.4, -0.2) is 50.8 Å². The second kappa shape index (κ2) is 7.85. The lowest BCUT2D eigenvalue weighted by Gasteiger charge is -2.25. The first-order chi connectivity index (χ1) is 12.4. The molecule has 0 aromatic heterocycles. The number of nitrogens with zero attached hydrogens (tertiary/aromatic N) is 2. The fraction of sp³-hybridized carbons (Fsp3) is 0.556. The first-order valence-corrected chi connectivity index (χ1v) is 10.4. The molecule has 1 aromatic rings. The van der Waals surface area contributed by atoms with E-state index in [4.69, 9.17) is 4.74 Å². The van der Waals surface area contributed by atoms with E-state index in [1.807, 2.05) is 0 Å². The van der Waals surface area contributed by atoms with Crippen LogP contribution in [0.2, 0.25) is 0 Å². The number of amides is 2. The lowest BCUT2D eigenvalue weighted by Crippen LogP contribution is -2.32. The first-order valence-electron chi connectivity index (χ1n) is 8.93. The van der Waals surface area contributed by atoms with Crippen LogP contribution in [0.25, 0.3) is 0 Å². The van der Waals surface area contributed by atoms with Crippen molar-refractivity contribution in [2.75, 3.05) is 25.1 Å². The highest BCUT2D eigenvalue weighted by molar-refractivity contribution is 7.89. The van der Waals surface area contributed by atoms with Crippen molar-refractivity contribution in [3.05, 3.63) is 24.3 Å². The Bertz CT molecular complexity index is 753. The Morgan fingerprint density at radius 1 is 1.12 bits per heavy atom. The topological polar surface area (TPSA) is 84.0 Å². The van der Waals surface area contributed by atoms with Crippen molar-refractivity contribution in [1.29, 1.82) is 0 Å². The molecule has 3 rings (SSSR count). The Morgan fingerprint density at radius 3 is 2.35 bits per heavy atom. The van der Waals surface area contributed by atoms with Crippen LogP contribution >= 0.6 is 0 Å². The van der Waals surface area contributed by atoms with Gasteiger partial charge in [0, 0.05) is 33.0 Å². The van der Waals surface area contributed by atoms with Gasteiger partial charge in [-0.2, -0.15) is 0 Å². The molecule has 0 saturated carbocycles. The molecule has 2 heterocycles. The van der Waals surface area contributed by atoms with E-state index in [0.717, 1.165) is 30.8 Å². The van der Waals surface area contributed by atoms with E-state index in [2.05, 4.69) is 0 Å². The maximum Gasteiger partial charge on any atom is 0.242 e. The third-order valence-electron chi connectivity index (χ3n) is 4.89. The highest BCUT2D eigenvalue weighted by Crippen LogP contribution is 2.25. The quantitative estimate of drug-likeness (QED) is 0.704. The van der Waals surface area contributed by atoms with Crippen molar-refractivity contribution in [2.24, 2.45) is 0 Å². The van der Waals surface area contributed by atoms with E-state index >= 15 is 0 Å². The van der Waals surface area contributed by atoms with Crippen LogP contribution < -0.4 is 4.90 Å². The molecule has 0 aliphatic carbocycles. The molecule has 142 valence electrons. The van der Waals surface area contributed by atoms with Crippen LogP contribution in [0.4, 0.5) is 5.69 Å². The molecular formula is C18H24N2O5S. The minimum atomic E-state index is -3.62. The van der Waals surface area contributed by atoms with Gasteiger partial charge in [-0.25, -0.2) is 12.7 Å². The summed E-state index contributed by atoms with van der Waals surface area (Å²) < 4.78 is 32.4. The first kappa shape index (κ1) is 19.0. The average Bonchev–Trinajstić information content (AvgIpc) is 2.99. The lowest BCUT2D eigenvalue weighted by atomic mass is 10.1. The Hall–Kier alpha value is -1.77. The van der Waals surface area contributed by atoms with E-state index in [0.29, 0.717) is 18.7 Å². The van der Waals surface area contributed by atoms with E-state index in [1.165, 1.54) is 28.6 Å². The molecule has 2 amide bonds. The Balaban J connectivity index is 1.66. The largest absolute Gasteiger partial charge is 0.378 e. The van der Waals surface area contributed by atoms with Gasteiger partial charge in [0.1, 0.15) is 0 Å². The van der Waals surface area contributed by atoms with Gasteiger partial charge < -0.3 is 4.74 Å². The number of imide groups is 1. The fourth-order valence-corrected chi connectivity index (χ4v) is 4.48. The van der Waals surface area contributed by atoms with Crippen LogP contribution in [0.1, 0.15) is 38.5 Å². The summed E-state index contributed by atoms with van der Waals surface area (Å²) in [4.78, 5) is 24.8. The number of anilines is 1. The van der Waals surface area contributed by atoms with Crippen LogP contribution in [-0.2, 0) is 24.3 Å². The smallest absolute Gasteiger partial charge is 0.242 e. The monoisotopic (exact) mass is 380 g/mol. The van der Waals surface area contributed by atoms with Gasteiger partial charge in [-0.05, 0) is 49.9 Å². The zero-order chi connectivity index (χ0) is 18.7. The average molecular weight is 380 g/mol. The van der Waals surface area contributed by atoms with Gasteiger partial charge in [0.2, 0.25) is 21.8 Å². The molecule has 0 N–H and O–H groups in total. The summed E-state index contributed by atoms with van der Waals surface area (Å²) in [6.45, 7) is 1.13. The van der Waals surface area contributed by atoms with Gasteiger partial charge >= 0.3 is 0 Å². The van der Waals surface area contributed by atoms with Gasteiger partial charge in [-0.1, -0.05) is 0 Å². The van der Waals surface area contributed by atoms with E-state index < -0.39 is 10.0 Å². The number of hydrogen-bond donors (Lipinski definition) is 0. The lowest BCUT2D eigenvalue weighted by molar-refractivity contribution is -0.121. The van der Waals surface area contributed by atoms with Crippen molar-refractivity contribution < 1.29 is 22.7 Å². The molecule has 1 atom stereocenters. The molecule has 0 bridgehead atoms. The summed E-state index contributed by atoms with van der Waals surface area (Å²) in [5, 5.41) is 0. The summed E-state index contributed by atoms with van der Waals surface area (Å²) in [5.41, 5.74) is 0.412.